The molecule has 0 amide bonds. The summed E-state index contributed by atoms with van der Waals surface area (Å²) in [5.74, 6) is -1.51. The van der Waals surface area contributed by atoms with E-state index in [1.165, 1.54) is 35.2 Å². The maximum Gasteiger partial charge on any atom is 0.343 e. The van der Waals surface area contributed by atoms with Gasteiger partial charge in [0.2, 0.25) is 11.0 Å². The van der Waals surface area contributed by atoms with Crippen LogP contribution in [0.4, 0.5) is 4.39 Å². The van der Waals surface area contributed by atoms with Crippen LogP contribution in [0.15, 0.2) is 46.2 Å². The second-order valence-electron chi connectivity index (χ2n) is 5.16. The largest absolute Gasteiger partial charge is 0.462 e. The fraction of sp³-hybridized carbons (Fsp3) is 0.118. The molecule has 0 radical (unpaired) electrons. The van der Waals surface area contributed by atoms with Crippen molar-refractivity contribution in [1.29, 1.82) is 0 Å². The predicted molar refractivity (Wildman–Crippen MR) is 91.1 cm³/mol. The minimum atomic E-state index is -0.798. The lowest BCUT2D eigenvalue weighted by atomic mass is 10.1. The Balaban J connectivity index is 2.41. The summed E-state index contributed by atoms with van der Waals surface area (Å²) in [5, 5.41) is -0.179. The minimum Gasteiger partial charge on any atom is -0.462 e. The van der Waals surface area contributed by atoms with Gasteiger partial charge >= 0.3 is 5.97 Å². The van der Waals surface area contributed by atoms with Gasteiger partial charge in [-0.3, -0.25) is 9.59 Å². The van der Waals surface area contributed by atoms with Gasteiger partial charge in [0.15, 0.2) is 0 Å². The van der Waals surface area contributed by atoms with Crippen molar-refractivity contribution in [3.8, 4) is 5.69 Å². The van der Waals surface area contributed by atoms with Crippen LogP contribution in [0.5, 0.6) is 0 Å². The van der Waals surface area contributed by atoms with Gasteiger partial charge in [-0.05, 0) is 19.1 Å². The predicted octanol–water partition coefficient (Wildman–Crippen LogP) is 2.65. The number of carbonyl (C=O) groups excluding carboxylic acids is 1. The first-order valence-corrected chi connectivity index (χ1v) is 7.71. The zero-order valence-electron chi connectivity index (χ0n) is 13.0. The Morgan fingerprint density at radius 3 is 2.72 bits per heavy atom. The average Bonchev–Trinajstić information content (AvgIpc) is 2.58. The lowest BCUT2D eigenvalue weighted by Crippen LogP contribution is -2.21. The van der Waals surface area contributed by atoms with Crippen molar-refractivity contribution in [3.05, 3.63) is 73.6 Å². The molecule has 0 aliphatic heterocycles. The van der Waals surface area contributed by atoms with Gasteiger partial charge in [0.25, 0.3) is 0 Å². The topological polar surface area (TPSA) is 81.2 Å². The number of halogens is 2. The Morgan fingerprint density at radius 2 is 2.08 bits per heavy atom. The average molecular weight is 363 g/mol. The smallest absolute Gasteiger partial charge is 0.343 e. The lowest BCUT2D eigenvalue weighted by molar-refractivity contribution is 0.0524. The van der Waals surface area contributed by atoms with Crippen LogP contribution in [-0.4, -0.2) is 22.1 Å². The lowest BCUT2D eigenvalue weighted by Gasteiger charge is -2.13. The zero-order valence-corrected chi connectivity index (χ0v) is 13.8. The Labute approximate surface area is 145 Å². The van der Waals surface area contributed by atoms with Crippen LogP contribution >= 0.6 is 11.6 Å². The van der Waals surface area contributed by atoms with Gasteiger partial charge in [0.05, 0.1) is 22.8 Å². The highest BCUT2D eigenvalue weighted by Gasteiger charge is 2.18. The summed E-state index contributed by atoms with van der Waals surface area (Å²) in [7, 11) is 0. The molecule has 0 atom stereocenters. The highest BCUT2D eigenvalue weighted by Crippen LogP contribution is 2.23. The van der Waals surface area contributed by atoms with Crippen molar-refractivity contribution in [3.63, 3.8) is 0 Å². The van der Waals surface area contributed by atoms with E-state index in [2.05, 4.69) is 4.98 Å². The molecule has 25 heavy (non-hydrogen) atoms. The number of benzene rings is 1. The van der Waals surface area contributed by atoms with Crippen molar-refractivity contribution >= 4 is 28.5 Å². The van der Waals surface area contributed by atoms with E-state index in [1.54, 1.807) is 6.92 Å². The first-order chi connectivity index (χ1) is 11.9. The third kappa shape index (κ3) is 3.06. The Kier molecular flexibility index (Phi) is 4.41. The van der Waals surface area contributed by atoms with Gasteiger partial charge in [-0.1, -0.05) is 11.6 Å². The maximum atomic E-state index is 13.9. The third-order valence-corrected chi connectivity index (χ3v) is 3.88. The number of nitrogens with zero attached hydrogens (tertiary/aromatic N) is 1. The number of fused-ring (bicyclic) bond motifs is 1. The second kappa shape index (κ2) is 6.52. The van der Waals surface area contributed by atoms with Crippen LogP contribution in [0.2, 0.25) is 5.02 Å². The summed E-state index contributed by atoms with van der Waals surface area (Å²) >= 11 is 5.79. The molecule has 0 unspecified atom stereocenters. The number of aromatic amines is 1. The molecule has 128 valence electrons. The van der Waals surface area contributed by atoms with Gasteiger partial charge in [-0.25, -0.2) is 9.18 Å². The number of hydrogen-bond donors (Lipinski definition) is 1. The Morgan fingerprint density at radius 1 is 1.32 bits per heavy atom. The normalized spacial score (nSPS) is 10.8. The third-order valence-electron chi connectivity index (χ3n) is 3.59. The van der Waals surface area contributed by atoms with E-state index in [0.29, 0.717) is 5.69 Å². The van der Waals surface area contributed by atoms with Crippen LogP contribution in [-0.2, 0) is 4.74 Å². The van der Waals surface area contributed by atoms with Crippen molar-refractivity contribution in [2.24, 2.45) is 0 Å². The number of carbonyl (C=O) groups is 1. The van der Waals surface area contributed by atoms with Crippen LogP contribution in [0, 0.1) is 5.82 Å². The summed E-state index contributed by atoms with van der Waals surface area (Å²) < 4.78 is 20.2. The number of nitrogens with one attached hydrogen (secondary N) is 1. The van der Waals surface area contributed by atoms with Gasteiger partial charge in [-0.2, -0.15) is 0 Å². The first-order valence-electron chi connectivity index (χ1n) is 7.33. The van der Waals surface area contributed by atoms with E-state index in [4.69, 9.17) is 16.3 Å². The summed E-state index contributed by atoms with van der Waals surface area (Å²) in [6.45, 7) is 1.71. The fourth-order valence-electron chi connectivity index (χ4n) is 2.44. The van der Waals surface area contributed by atoms with Crippen molar-refractivity contribution < 1.29 is 13.9 Å². The molecule has 0 fully saturated rings. The Bertz CT molecular complexity index is 1080. The van der Waals surface area contributed by atoms with E-state index in [1.807, 2.05) is 0 Å². The van der Waals surface area contributed by atoms with Crippen LogP contribution < -0.4 is 11.0 Å². The van der Waals surface area contributed by atoms with E-state index in [0.717, 1.165) is 6.07 Å². The summed E-state index contributed by atoms with van der Waals surface area (Å²) in [5.41, 5.74) is -0.531. The van der Waals surface area contributed by atoms with Crippen LogP contribution in [0.25, 0.3) is 16.6 Å². The van der Waals surface area contributed by atoms with Crippen molar-refractivity contribution in [2.45, 2.75) is 6.92 Å². The van der Waals surface area contributed by atoms with Gasteiger partial charge in [0, 0.05) is 29.9 Å². The van der Waals surface area contributed by atoms with E-state index in [9.17, 15) is 18.8 Å². The molecule has 0 aliphatic carbocycles. The first kappa shape index (κ1) is 16.9. The number of hydrogen-bond acceptors (Lipinski definition) is 4. The number of aromatic nitrogens is 2. The van der Waals surface area contributed by atoms with Gasteiger partial charge < -0.3 is 14.3 Å². The van der Waals surface area contributed by atoms with Crippen molar-refractivity contribution in [1.82, 2.24) is 9.55 Å². The molecule has 2 heterocycles. The molecular weight excluding hydrogens is 351 g/mol. The SMILES string of the molecule is CCOC(=O)c1cn(-c2ccc(=O)[nH]c2)c2cc(F)c(Cl)cc2c1=O. The molecule has 1 aromatic carbocycles. The highest BCUT2D eigenvalue weighted by molar-refractivity contribution is 6.31. The summed E-state index contributed by atoms with van der Waals surface area (Å²) in [6, 6.07) is 5.01. The number of esters is 1. The van der Waals surface area contributed by atoms with E-state index >= 15 is 0 Å². The fourth-order valence-corrected chi connectivity index (χ4v) is 2.60. The molecule has 0 bridgehead atoms. The quantitative estimate of drug-likeness (QED) is 0.726. The molecule has 0 aliphatic rings. The molecule has 2 aromatic heterocycles. The Hall–Kier alpha value is -2.93. The molecule has 3 aromatic rings. The van der Waals surface area contributed by atoms with Crippen molar-refractivity contribution in [2.75, 3.05) is 6.61 Å². The van der Waals surface area contributed by atoms with E-state index < -0.39 is 17.2 Å². The molecule has 3 rings (SSSR count). The number of ether oxygens (including phenoxy) is 1. The monoisotopic (exact) mass is 362 g/mol. The van der Waals surface area contributed by atoms with E-state index in [-0.39, 0.29) is 33.7 Å². The standard InChI is InChI=1S/C17H12ClFN2O4/c1-2-25-17(24)11-8-21(9-3-4-15(22)20-7-9)14-6-13(19)12(18)5-10(14)16(11)23/h3-8H,2H2,1H3,(H,20,22). The maximum absolute atomic E-state index is 13.9. The van der Waals surface area contributed by atoms with Crippen LogP contribution in [0.1, 0.15) is 17.3 Å². The zero-order chi connectivity index (χ0) is 18.1. The summed E-state index contributed by atoms with van der Waals surface area (Å²) in [6.07, 6.45) is 2.64. The molecule has 0 saturated heterocycles. The molecule has 0 spiro atoms. The number of rotatable bonds is 3. The molecule has 6 nitrogen and oxygen atoms in total. The molecular formula is C17H12ClFN2O4. The second-order valence-corrected chi connectivity index (χ2v) is 5.56. The van der Waals surface area contributed by atoms with Gasteiger partial charge in [-0.15, -0.1) is 0 Å². The minimum absolute atomic E-state index is 0.0585. The summed E-state index contributed by atoms with van der Waals surface area (Å²) in [4.78, 5) is 38.4. The van der Waals surface area contributed by atoms with Crippen LogP contribution in [0.3, 0.4) is 0 Å². The number of pyridine rings is 2. The van der Waals surface area contributed by atoms with Gasteiger partial charge in [0.1, 0.15) is 11.4 Å². The molecule has 1 N–H and O–H groups in total. The molecule has 0 saturated carbocycles. The molecule has 8 heteroatoms. The number of H-pyrrole nitrogens is 1. The highest BCUT2D eigenvalue weighted by atomic mass is 35.5.